The molecule has 0 amide bonds. The second kappa shape index (κ2) is 9.70. The highest BCUT2D eigenvalue weighted by Crippen LogP contribution is 2.54. The van der Waals surface area contributed by atoms with Gasteiger partial charge in [0.15, 0.2) is 0 Å². The van der Waals surface area contributed by atoms with Gasteiger partial charge in [0.25, 0.3) is 0 Å². The van der Waals surface area contributed by atoms with E-state index >= 15 is 0 Å². The molecule has 0 heterocycles. The van der Waals surface area contributed by atoms with Crippen LogP contribution >= 0.6 is 0 Å². The van der Waals surface area contributed by atoms with Crippen LogP contribution in [0.25, 0.3) is 71.6 Å². The van der Waals surface area contributed by atoms with E-state index in [0.717, 1.165) is 6.42 Å². The van der Waals surface area contributed by atoms with Gasteiger partial charge in [0, 0.05) is 10.8 Å². The second-order valence-corrected chi connectivity index (χ2v) is 15.8. The van der Waals surface area contributed by atoms with E-state index in [4.69, 9.17) is 0 Å². The van der Waals surface area contributed by atoms with Crippen molar-refractivity contribution in [3.05, 3.63) is 160 Å². The third-order valence-electron chi connectivity index (χ3n) is 12.5. The molecule has 0 spiro atoms. The molecule has 10 rings (SSSR count). The van der Waals surface area contributed by atoms with Crippen molar-refractivity contribution in [2.75, 3.05) is 0 Å². The highest BCUT2D eigenvalue weighted by Gasteiger charge is 2.37. The summed E-state index contributed by atoms with van der Waals surface area (Å²) >= 11 is 0. The van der Waals surface area contributed by atoms with Crippen LogP contribution in [0.3, 0.4) is 0 Å². The zero-order chi connectivity index (χ0) is 33.4. The first kappa shape index (κ1) is 28.8. The topological polar surface area (TPSA) is 0 Å². The molecule has 0 saturated carbocycles. The molecule has 3 aliphatic rings. The Bertz CT molecular complexity index is 2640. The lowest BCUT2D eigenvalue weighted by Crippen LogP contribution is -2.15. The van der Waals surface area contributed by atoms with Crippen molar-refractivity contribution in [3.63, 3.8) is 0 Å². The first-order chi connectivity index (χ1) is 23.6. The SMILES string of the molecule is CC1=C(C)c2cc3c(-c4ccc5c(c4)C(C)(C)c4ccccc4-5)c4ccccc4c(-c4ccc5c(c4)C(C)(C)c4ccccc4-5)c3cc2C1. The predicted molar refractivity (Wildman–Crippen MR) is 209 cm³/mol. The van der Waals surface area contributed by atoms with E-state index in [0.29, 0.717) is 0 Å². The van der Waals surface area contributed by atoms with Gasteiger partial charge in [0.05, 0.1) is 0 Å². The summed E-state index contributed by atoms with van der Waals surface area (Å²) in [6, 6.07) is 46.7. The molecule has 0 aromatic heterocycles. The molecule has 49 heavy (non-hydrogen) atoms. The lowest BCUT2D eigenvalue weighted by Gasteiger charge is -2.24. The molecule has 7 aromatic rings. The van der Waals surface area contributed by atoms with Gasteiger partial charge >= 0.3 is 0 Å². The number of hydrogen-bond donors (Lipinski definition) is 0. The lowest BCUT2D eigenvalue weighted by atomic mass is 9.79. The average molecular weight is 629 g/mol. The predicted octanol–water partition coefficient (Wildman–Crippen LogP) is 13.3. The Morgan fingerprint density at radius 1 is 0.408 bits per heavy atom. The van der Waals surface area contributed by atoms with Gasteiger partial charge in [-0.25, -0.2) is 0 Å². The summed E-state index contributed by atoms with van der Waals surface area (Å²) < 4.78 is 0. The molecule has 7 aromatic carbocycles. The minimum absolute atomic E-state index is 0.0539. The maximum absolute atomic E-state index is 2.54. The summed E-state index contributed by atoms with van der Waals surface area (Å²) in [6.07, 6.45) is 1.02. The van der Waals surface area contributed by atoms with Crippen LogP contribution in [0.2, 0.25) is 0 Å². The maximum Gasteiger partial charge on any atom is 0.0159 e. The second-order valence-electron chi connectivity index (χ2n) is 15.8. The minimum Gasteiger partial charge on any atom is -0.0654 e. The van der Waals surface area contributed by atoms with Crippen LogP contribution in [0, 0.1) is 0 Å². The molecule has 3 aliphatic carbocycles. The highest BCUT2D eigenvalue weighted by atomic mass is 14.4. The van der Waals surface area contributed by atoms with Crippen molar-refractivity contribution < 1.29 is 0 Å². The van der Waals surface area contributed by atoms with Crippen LogP contribution in [0.5, 0.6) is 0 Å². The van der Waals surface area contributed by atoms with Crippen molar-refractivity contribution in [3.8, 4) is 44.5 Å². The molecule has 0 bridgehead atoms. The third-order valence-corrected chi connectivity index (χ3v) is 12.5. The maximum atomic E-state index is 2.54. The van der Waals surface area contributed by atoms with Crippen LogP contribution in [-0.2, 0) is 17.3 Å². The fourth-order valence-corrected chi connectivity index (χ4v) is 9.75. The summed E-state index contributed by atoms with van der Waals surface area (Å²) in [7, 11) is 0. The van der Waals surface area contributed by atoms with Gasteiger partial charge in [-0.3, -0.25) is 0 Å². The minimum atomic E-state index is -0.0556. The average Bonchev–Trinajstić information content (AvgIpc) is 3.62. The van der Waals surface area contributed by atoms with Crippen molar-refractivity contribution in [2.24, 2.45) is 0 Å². The Morgan fingerprint density at radius 2 is 0.857 bits per heavy atom. The molecule has 0 unspecified atom stereocenters. The third kappa shape index (κ3) is 3.75. The molecule has 0 atom stereocenters. The lowest BCUT2D eigenvalue weighted by molar-refractivity contribution is 0.660. The molecule has 0 fully saturated rings. The van der Waals surface area contributed by atoms with Gasteiger partial charge in [0.2, 0.25) is 0 Å². The van der Waals surface area contributed by atoms with Gasteiger partial charge in [-0.2, -0.15) is 0 Å². The van der Waals surface area contributed by atoms with Crippen molar-refractivity contribution in [1.29, 1.82) is 0 Å². The summed E-state index contributed by atoms with van der Waals surface area (Å²) in [6.45, 7) is 14.2. The number of fused-ring (bicyclic) bond motifs is 9. The zero-order valence-electron chi connectivity index (χ0n) is 29.3. The van der Waals surface area contributed by atoms with E-state index in [1.54, 1.807) is 0 Å². The standard InChI is InChI=1S/C49H40/c1-28-23-32-24-40-41(27-39(32)29(28)2)47(31-20-22-36-34-14-10-12-18-43(34)49(5,6)45(36)26-31)38-16-8-7-15-37(38)46(40)30-19-21-35-33-13-9-11-17-42(33)48(3,4)44(35)25-30/h7-22,24-27H,23H2,1-6H3. The summed E-state index contributed by atoms with van der Waals surface area (Å²) in [4.78, 5) is 0. The molecule has 0 heteroatoms. The number of benzene rings is 7. The summed E-state index contributed by atoms with van der Waals surface area (Å²) in [5.74, 6) is 0. The number of rotatable bonds is 2. The Kier molecular flexibility index (Phi) is 5.70. The molecule has 236 valence electrons. The molecule has 0 radical (unpaired) electrons. The first-order valence-corrected chi connectivity index (χ1v) is 17.8. The van der Waals surface area contributed by atoms with E-state index in [9.17, 15) is 0 Å². The highest BCUT2D eigenvalue weighted by molar-refractivity contribution is 6.22. The van der Waals surface area contributed by atoms with Crippen molar-refractivity contribution in [2.45, 2.75) is 58.8 Å². The van der Waals surface area contributed by atoms with Crippen LogP contribution in [0.4, 0.5) is 0 Å². The van der Waals surface area contributed by atoms with Crippen LogP contribution < -0.4 is 0 Å². The van der Waals surface area contributed by atoms with Gasteiger partial charge in [-0.1, -0.05) is 130 Å². The Labute approximate surface area is 289 Å². The van der Waals surface area contributed by atoms with E-state index < -0.39 is 0 Å². The molecule has 0 nitrogen and oxygen atoms in total. The quantitative estimate of drug-likeness (QED) is 0.167. The number of allylic oxidation sites excluding steroid dienone is 2. The summed E-state index contributed by atoms with van der Waals surface area (Å²) in [5.41, 5.74) is 22.1. The van der Waals surface area contributed by atoms with E-state index in [2.05, 4.69) is 163 Å². The molecule has 0 N–H and O–H groups in total. The van der Waals surface area contributed by atoms with Crippen molar-refractivity contribution in [1.82, 2.24) is 0 Å². The van der Waals surface area contributed by atoms with Crippen LogP contribution in [0.15, 0.2) is 127 Å². The molecule has 0 saturated heterocycles. The van der Waals surface area contributed by atoms with Gasteiger partial charge in [-0.15, -0.1) is 0 Å². The fourth-order valence-electron chi connectivity index (χ4n) is 9.75. The van der Waals surface area contributed by atoms with Crippen molar-refractivity contribution >= 4 is 27.1 Å². The Hall–Kier alpha value is -5.20. The Morgan fingerprint density at radius 3 is 1.39 bits per heavy atom. The Balaban J connectivity index is 1.29. The normalized spacial score (nSPS) is 16.1. The summed E-state index contributed by atoms with van der Waals surface area (Å²) in [5, 5.41) is 5.34. The van der Waals surface area contributed by atoms with Crippen LogP contribution in [-0.4, -0.2) is 0 Å². The van der Waals surface area contributed by atoms with Gasteiger partial charge in [0.1, 0.15) is 0 Å². The zero-order valence-corrected chi connectivity index (χ0v) is 29.3. The first-order valence-electron chi connectivity index (χ1n) is 17.8. The molecule has 0 aliphatic heterocycles. The monoisotopic (exact) mass is 628 g/mol. The molecular weight excluding hydrogens is 589 g/mol. The number of hydrogen-bond acceptors (Lipinski definition) is 0. The smallest absolute Gasteiger partial charge is 0.0159 e. The fraction of sp³-hybridized carbons (Fsp3) is 0.184. The van der Waals surface area contributed by atoms with Gasteiger partial charge < -0.3 is 0 Å². The largest absolute Gasteiger partial charge is 0.0654 e. The molecular formula is C49H40. The van der Waals surface area contributed by atoms with E-state index in [1.807, 2.05) is 0 Å². The van der Waals surface area contributed by atoms with E-state index in [-0.39, 0.29) is 10.8 Å². The van der Waals surface area contributed by atoms with Gasteiger partial charge in [-0.05, 0) is 150 Å². The van der Waals surface area contributed by atoms with E-state index in [1.165, 1.54) is 111 Å². The van der Waals surface area contributed by atoms with Crippen LogP contribution in [0.1, 0.15) is 74.9 Å².